The number of pyridine rings is 2. The second-order valence-corrected chi connectivity index (χ2v) is 8.55. The summed E-state index contributed by atoms with van der Waals surface area (Å²) in [5.74, 6) is -5.96. The molecule has 2 aliphatic rings. The number of hydrogen-bond donors (Lipinski definition) is 3. The van der Waals surface area contributed by atoms with Crippen molar-refractivity contribution >= 4 is 34.8 Å². The molecule has 2 amide bonds. The van der Waals surface area contributed by atoms with Gasteiger partial charge in [0.1, 0.15) is 24.3 Å². The van der Waals surface area contributed by atoms with Gasteiger partial charge in [-0.15, -0.1) is 0 Å². The average Bonchev–Trinajstić information content (AvgIpc) is 3.66. The van der Waals surface area contributed by atoms with E-state index in [0.717, 1.165) is 0 Å². The molecule has 1 fully saturated rings. The van der Waals surface area contributed by atoms with Crippen LogP contribution in [0.2, 0.25) is 0 Å². The standard InChI is InChI=1S/C24H20F2N6O5/c1-31-20-10-28-5-4-14(20)22(34)32(24(31)11-37-24)13-3-2-12(29-9-13)6-19(23(35)36)30-21(33)15-7-17(26)18(27)8-16(15)25/h2-5,7-10,19H,6,11,27H2,1H3,(H,30,33)(H,35,36)/t19-,24?/m0/s1. The van der Waals surface area contributed by atoms with Gasteiger partial charge in [0.2, 0.25) is 0 Å². The van der Waals surface area contributed by atoms with Crippen molar-refractivity contribution in [3.63, 3.8) is 0 Å². The summed E-state index contributed by atoms with van der Waals surface area (Å²) in [5.41, 5.74) is 5.86. The van der Waals surface area contributed by atoms with E-state index in [2.05, 4.69) is 15.3 Å². The zero-order valence-electron chi connectivity index (χ0n) is 19.3. The molecule has 1 aromatic carbocycles. The maximum absolute atomic E-state index is 14.1. The molecule has 3 aromatic rings. The number of fused-ring (bicyclic) bond motifs is 1. The van der Waals surface area contributed by atoms with Crippen LogP contribution in [0.5, 0.6) is 0 Å². The number of carbonyl (C=O) groups excluding carboxylic acids is 2. The van der Waals surface area contributed by atoms with Crippen LogP contribution in [0.3, 0.4) is 0 Å². The summed E-state index contributed by atoms with van der Waals surface area (Å²) < 4.78 is 33.5. The number of carboxylic acid groups (broad SMARTS) is 1. The summed E-state index contributed by atoms with van der Waals surface area (Å²) in [7, 11) is 1.78. The van der Waals surface area contributed by atoms with E-state index in [1.165, 1.54) is 23.4 Å². The topological polar surface area (TPSA) is 154 Å². The van der Waals surface area contributed by atoms with Crippen LogP contribution in [0.25, 0.3) is 0 Å². The Morgan fingerprint density at radius 1 is 1.24 bits per heavy atom. The summed E-state index contributed by atoms with van der Waals surface area (Å²) >= 11 is 0. The highest BCUT2D eigenvalue weighted by Gasteiger charge is 2.60. The van der Waals surface area contributed by atoms with Crippen molar-refractivity contribution in [2.75, 3.05) is 29.2 Å². The molecular weight excluding hydrogens is 490 g/mol. The van der Waals surface area contributed by atoms with Crippen molar-refractivity contribution in [3.05, 3.63) is 77.4 Å². The molecule has 2 aromatic heterocycles. The molecule has 13 heteroatoms. The summed E-state index contributed by atoms with van der Waals surface area (Å²) in [6, 6.07) is 4.44. The molecule has 37 heavy (non-hydrogen) atoms. The number of ether oxygens (including phenoxy) is 1. The Bertz CT molecular complexity index is 1430. The molecule has 1 unspecified atom stereocenters. The van der Waals surface area contributed by atoms with Crippen molar-refractivity contribution in [2.45, 2.75) is 18.3 Å². The fraction of sp³-hybridized carbons (Fsp3) is 0.208. The summed E-state index contributed by atoms with van der Waals surface area (Å²) in [5, 5.41) is 11.8. The Kier molecular flexibility index (Phi) is 5.71. The van der Waals surface area contributed by atoms with Gasteiger partial charge >= 0.3 is 5.97 Å². The van der Waals surface area contributed by atoms with Crippen LogP contribution in [-0.4, -0.2) is 58.4 Å². The fourth-order valence-corrected chi connectivity index (χ4v) is 4.21. The number of halogens is 2. The maximum atomic E-state index is 14.1. The lowest BCUT2D eigenvalue weighted by Gasteiger charge is -2.41. The molecular formula is C24H20F2N6O5. The molecule has 1 saturated heterocycles. The summed E-state index contributed by atoms with van der Waals surface area (Å²) in [6.07, 6.45) is 4.23. The predicted octanol–water partition coefficient (Wildman–Crippen LogP) is 1.54. The zero-order valence-corrected chi connectivity index (χ0v) is 19.3. The second kappa shape index (κ2) is 8.78. The Hall–Kier alpha value is -4.65. The van der Waals surface area contributed by atoms with Crippen molar-refractivity contribution < 1.29 is 33.0 Å². The van der Waals surface area contributed by atoms with E-state index >= 15 is 0 Å². The maximum Gasteiger partial charge on any atom is 0.326 e. The van der Waals surface area contributed by atoms with E-state index in [-0.39, 0.29) is 24.6 Å². The first-order valence-electron chi connectivity index (χ1n) is 11.0. The number of anilines is 3. The zero-order chi connectivity index (χ0) is 26.5. The number of benzene rings is 1. The quantitative estimate of drug-likeness (QED) is 0.331. The van der Waals surface area contributed by atoms with Gasteiger partial charge in [-0.3, -0.25) is 24.5 Å². The van der Waals surface area contributed by atoms with Gasteiger partial charge in [-0.25, -0.2) is 13.6 Å². The molecule has 11 nitrogen and oxygen atoms in total. The number of nitrogens with two attached hydrogens (primary N) is 1. The SMILES string of the molecule is CN1c2cnccc2C(=O)N(c2ccc(C[C@H](NC(=O)c3cc(F)c(N)cc3F)C(=O)O)nc2)C12CO2. The number of carbonyl (C=O) groups is 3. The van der Waals surface area contributed by atoms with Crippen LogP contribution in [-0.2, 0) is 16.0 Å². The predicted molar refractivity (Wildman–Crippen MR) is 126 cm³/mol. The molecule has 0 radical (unpaired) electrons. The van der Waals surface area contributed by atoms with E-state index in [1.807, 2.05) is 0 Å². The van der Waals surface area contributed by atoms with Gasteiger partial charge in [0, 0.05) is 31.4 Å². The molecule has 0 bridgehead atoms. The molecule has 5 rings (SSSR count). The van der Waals surface area contributed by atoms with Gasteiger partial charge in [0.05, 0.1) is 40.6 Å². The van der Waals surface area contributed by atoms with E-state index in [0.29, 0.717) is 29.1 Å². The highest BCUT2D eigenvalue weighted by Crippen LogP contribution is 2.45. The van der Waals surface area contributed by atoms with Crippen molar-refractivity contribution in [3.8, 4) is 0 Å². The van der Waals surface area contributed by atoms with Gasteiger partial charge in [0.25, 0.3) is 17.7 Å². The number of aromatic nitrogens is 2. The Labute approximate surface area is 208 Å². The van der Waals surface area contributed by atoms with E-state index < -0.39 is 46.7 Å². The number of hydrogen-bond acceptors (Lipinski definition) is 8. The normalized spacial score (nSPS) is 18.9. The highest BCUT2D eigenvalue weighted by molar-refractivity contribution is 6.13. The lowest BCUT2D eigenvalue weighted by molar-refractivity contribution is -0.139. The third kappa shape index (κ3) is 4.08. The largest absolute Gasteiger partial charge is 0.480 e. The van der Waals surface area contributed by atoms with Gasteiger partial charge in [-0.1, -0.05) is 0 Å². The van der Waals surface area contributed by atoms with E-state index in [4.69, 9.17) is 10.5 Å². The van der Waals surface area contributed by atoms with E-state index in [1.54, 1.807) is 30.3 Å². The van der Waals surface area contributed by atoms with Crippen LogP contribution in [0.15, 0.2) is 48.9 Å². The molecule has 2 aliphatic heterocycles. The Balaban J connectivity index is 1.35. The summed E-state index contributed by atoms with van der Waals surface area (Å²) in [4.78, 5) is 49.1. The van der Waals surface area contributed by atoms with Crippen molar-refractivity contribution in [1.29, 1.82) is 0 Å². The third-order valence-electron chi connectivity index (χ3n) is 6.29. The van der Waals surface area contributed by atoms with Crippen molar-refractivity contribution in [1.82, 2.24) is 15.3 Å². The second-order valence-electron chi connectivity index (χ2n) is 8.55. The van der Waals surface area contributed by atoms with Gasteiger partial charge in [-0.05, 0) is 24.3 Å². The molecule has 0 aliphatic carbocycles. The van der Waals surface area contributed by atoms with Crippen LogP contribution in [0.4, 0.5) is 25.8 Å². The number of nitrogens with one attached hydrogen (secondary N) is 1. The minimum atomic E-state index is -1.49. The minimum absolute atomic E-state index is 0.260. The first-order chi connectivity index (χ1) is 17.6. The Morgan fingerprint density at radius 3 is 2.65 bits per heavy atom. The number of nitrogens with zero attached hydrogens (tertiary/aromatic N) is 4. The highest BCUT2D eigenvalue weighted by atomic mass is 19.1. The fourth-order valence-electron chi connectivity index (χ4n) is 4.21. The number of carboxylic acids is 1. The molecule has 1 spiro atoms. The molecule has 190 valence electrons. The van der Waals surface area contributed by atoms with Crippen LogP contribution in [0, 0.1) is 11.6 Å². The lowest BCUT2D eigenvalue weighted by Crippen LogP contribution is -2.57. The van der Waals surface area contributed by atoms with Gasteiger partial charge in [-0.2, -0.15) is 0 Å². The molecule has 0 saturated carbocycles. The van der Waals surface area contributed by atoms with E-state index in [9.17, 15) is 28.3 Å². The molecule has 2 atom stereocenters. The third-order valence-corrected chi connectivity index (χ3v) is 6.29. The smallest absolute Gasteiger partial charge is 0.326 e. The number of amides is 2. The monoisotopic (exact) mass is 510 g/mol. The number of nitrogen functional groups attached to an aromatic ring is 1. The molecule has 4 N–H and O–H groups in total. The minimum Gasteiger partial charge on any atom is -0.480 e. The number of rotatable bonds is 6. The van der Waals surface area contributed by atoms with Crippen LogP contribution in [0.1, 0.15) is 26.4 Å². The number of likely N-dealkylation sites (N-methyl/N-ethyl adjacent to an activating group) is 1. The van der Waals surface area contributed by atoms with Crippen molar-refractivity contribution in [2.24, 2.45) is 0 Å². The van der Waals surface area contributed by atoms with Crippen LogP contribution >= 0.6 is 0 Å². The summed E-state index contributed by atoms with van der Waals surface area (Å²) in [6.45, 7) is 0.265. The van der Waals surface area contributed by atoms with Gasteiger partial charge < -0.3 is 25.8 Å². The first-order valence-corrected chi connectivity index (χ1v) is 11.0. The average molecular weight is 510 g/mol. The van der Waals surface area contributed by atoms with Crippen LogP contribution < -0.4 is 20.9 Å². The number of epoxide rings is 1. The Morgan fingerprint density at radius 2 is 2.00 bits per heavy atom. The first kappa shape index (κ1) is 24.1. The lowest BCUT2D eigenvalue weighted by atomic mass is 10.1. The number of aliphatic carboxylic acids is 1. The van der Waals surface area contributed by atoms with Gasteiger partial charge in [0.15, 0.2) is 0 Å². The molecule has 4 heterocycles.